The number of rotatable bonds is 5. The molecule has 4 amide bonds. The number of aromatic nitrogens is 2. The average molecular weight is 371 g/mol. The van der Waals surface area contributed by atoms with Gasteiger partial charge in [-0.2, -0.15) is 0 Å². The Bertz CT molecular complexity index is 876. The van der Waals surface area contributed by atoms with E-state index in [0.29, 0.717) is 23.0 Å². The molecule has 1 unspecified atom stereocenters. The van der Waals surface area contributed by atoms with Crippen LogP contribution in [0.15, 0.2) is 28.7 Å². The number of imide groups is 1. The molecule has 1 aromatic carbocycles. The summed E-state index contributed by atoms with van der Waals surface area (Å²) in [6, 6.07) is 5.68. The maximum absolute atomic E-state index is 12.8. The Morgan fingerprint density at radius 2 is 1.89 bits per heavy atom. The van der Waals surface area contributed by atoms with Gasteiger partial charge in [-0.3, -0.25) is 19.8 Å². The van der Waals surface area contributed by atoms with Gasteiger partial charge in [0.25, 0.3) is 5.91 Å². The van der Waals surface area contributed by atoms with Crippen molar-refractivity contribution >= 4 is 23.5 Å². The van der Waals surface area contributed by atoms with Gasteiger partial charge in [0, 0.05) is 18.9 Å². The maximum atomic E-state index is 12.8. The van der Waals surface area contributed by atoms with E-state index in [0.717, 1.165) is 0 Å². The van der Waals surface area contributed by atoms with E-state index in [1.165, 1.54) is 4.90 Å². The van der Waals surface area contributed by atoms with Gasteiger partial charge in [0.15, 0.2) is 0 Å². The van der Waals surface area contributed by atoms with Crippen molar-refractivity contribution in [2.24, 2.45) is 0 Å². The van der Waals surface area contributed by atoms with Crippen LogP contribution < -0.4 is 15.5 Å². The molecule has 9 heteroatoms. The number of carbonyl (C=O) groups excluding carboxylic acids is 3. The molecule has 0 bridgehead atoms. The molecule has 1 saturated heterocycles. The second-order valence-corrected chi connectivity index (χ2v) is 6.60. The highest BCUT2D eigenvalue weighted by Gasteiger charge is 2.28. The minimum absolute atomic E-state index is 0.0928. The number of hydrogen-bond acceptors (Lipinski definition) is 6. The van der Waals surface area contributed by atoms with E-state index in [1.807, 2.05) is 13.8 Å². The van der Waals surface area contributed by atoms with Crippen molar-refractivity contribution < 1.29 is 18.8 Å². The summed E-state index contributed by atoms with van der Waals surface area (Å²) >= 11 is 0. The lowest BCUT2D eigenvalue weighted by Gasteiger charge is -2.28. The highest BCUT2D eigenvalue weighted by molar-refractivity contribution is 6.09. The minimum atomic E-state index is -0.543. The van der Waals surface area contributed by atoms with Crippen LogP contribution in [0.25, 0.3) is 0 Å². The van der Waals surface area contributed by atoms with Gasteiger partial charge in [-0.15, -0.1) is 10.2 Å². The van der Waals surface area contributed by atoms with Crippen molar-refractivity contribution in [2.75, 3.05) is 11.4 Å². The summed E-state index contributed by atoms with van der Waals surface area (Å²) in [5.74, 6) is 0.193. The number of amides is 4. The summed E-state index contributed by atoms with van der Waals surface area (Å²) < 4.78 is 5.57. The Morgan fingerprint density at radius 1 is 1.19 bits per heavy atom. The van der Waals surface area contributed by atoms with Crippen molar-refractivity contribution in [3.63, 3.8) is 0 Å². The lowest BCUT2D eigenvalue weighted by Crippen LogP contribution is -2.50. The molecule has 0 aliphatic carbocycles. The lowest BCUT2D eigenvalue weighted by molar-refractivity contribution is -0.120. The molecule has 2 aromatic rings. The topological polar surface area (TPSA) is 117 Å². The fourth-order valence-electron chi connectivity index (χ4n) is 2.69. The van der Waals surface area contributed by atoms with Gasteiger partial charge in [-0.05, 0) is 19.1 Å². The highest BCUT2D eigenvalue weighted by atomic mass is 16.4. The third kappa shape index (κ3) is 3.97. The van der Waals surface area contributed by atoms with Crippen LogP contribution >= 0.6 is 0 Å². The lowest BCUT2D eigenvalue weighted by atomic mass is 10.1. The Balaban J connectivity index is 1.78. The molecule has 1 fully saturated rings. The van der Waals surface area contributed by atoms with E-state index >= 15 is 0 Å². The second-order valence-electron chi connectivity index (χ2n) is 6.60. The van der Waals surface area contributed by atoms with Gasteiger partial charge >= 0.3 is 6.03 Å². The first kappa shape index (κ1) is 18.6. The monoisotopic (exact) mass is 371 g/mol. The Morgan fingerprint density at radius 3 is 2.56 bits per heavy atom. The minimum Gasteiger partial charge on any atom is -0.423 e. The van der Waals surface area contributed by atoms with Crippen molar-refractivity contribution in [2.45, 2.75) is 39.2 Å². The molecule has 1 aromatic heterocycles. The third-order valence-electron chi connectivity index (χ3n) is 4.16. The van der Waals surface area contributed by atoms with Crippen LogP contribution in [0.4, 0.5) is 10.5 Å². The zero-order valence-corrected chi connectivity index (χ0v) is 15.4. The van der Waals surface area contributed by atoms with E-state index in [1.54, 1.807) is 31.2 Å². The largest absolute Gasteiger partial charge is 0.423 e. The third-order valence-corrected chi connectivity index (χ3v) is 4.16. The van der Waals surface area contributed by atoms with Gasteiger partial charge in [-0.1, -0.05) is 26.0 Å². The molecule has 9 nitrogen and oxygen atoms in total. The normalized spacial score (nSPS) is 15.6. The molecular weight excluding hydrogens is 350 g/mol. The summed E-state index contributed by atoms with van der Waals surface area (Å²) in [4.78, 5) is 37.6. The zero-order chi connectivity index (χ0) is 19.6. The van der Waals surface area contributed by atoms with Crippen LogP contribution in [0, 0.1) is 0 Å². The predicted octanol–water partition coefficient (Wildman–Crippen LogP) is 2.13. The average Bonchev–Trinajstić information content (AvgIpc) is 3.12. The molecule has 2 heterocycles. The molecule has 142 valence electrons. The number of nitrogens with zero attached hydrogens (tertiary/aromatic N) is 3. The van der Waals surface area contributed by atoms with Crippen LogP contribution in [0.2, 0.25) is 0 Å². The Labute approximate surface area is 156 Å². The number of anilines is 1. The number of benzene rings is 1. The van der Waals surface area contributed by atoms with Crippen LogP contribution in [0.1, 0.15) is 61.3 Å². The van der Waals surface area contributed by atoms with Crippen LogP contribution in [0.5, 0.6) is 0 Å². The molecule has 27 heavy (non-hydrogen) atoms. The molecular formula is C18H21N5O4. The molecule has 0 spiro atoms. The SMILES string of the molecule is CC(C)c1nnc(C(C)NC(=O)c2ccccc2N2CCC(=O)NC2=O)o1. The van der Waals surface area contributed by atoms with Crippen LogP contribution in [-0.4, -0.2) is 34.6 Å². The Kier molecular flexibility index (Phi) is 5.20. The van der Waals surface area contributed by atoms with E-state index in [2.05, 4.69) is 20.8 Å². The van der Waals surface area contributed by atoms with Gasteiger partial charge in [-0.25, -0.2) is 4.79 Å². The van der Waals surface area contributed by atoms with Gasteiger partial charge in [0.2, 0.25) is 17.7 Å². The highest BCUT2D eigenvalue weighted by Crippen LogP contribution is 2.24. The molecule has 1 aliphatic rings. The standard InChI is InChI=1S/C18H21N5O4/c1-10(2)16-21-22-17(27-16)11(3)19-15(25)12-6-4-5-7-13(12)23-9-8-14(24)20-18(23)26/h4-7,10-11H,8-9H2,1-3H3,(H,19,25)(H,20,24,26). The number of urea groups is 1. The Hall–Kier alpha value is -3.23. The van der Waals surface area contributed by atoms with Crippen molar-refractivity contribution in [1.29, 1.82) is 0 Å². The molecule has 3 rings (SSSR count). The summed E-state index contributed by atoms with van der Waals surface area (Å²) in [6.45, 7) is 5.83. The van der Waals surface area contributed by atoms with Crippen molar-refractivity contribution in [3.05, 3.63) is 41.6 Å². The van der Waals surface area contributed by atoms with Crippen molar-refractivity contribution in [1.82, 2.24) is 20.8 Å². The van der Waals surface area contributed by atoms with Gasteiger partial charge in [0.1, 0.15) is 6.04 Å². The smallest absolute Gasteiger partial charge is 0.328 e. The fraction of sp³-hybridized carbons (Fsp3) is 0.389. The summed E-state index contributed by atoms with van der Waals surface area (Å²) in [5, 5.41) is 13.0. The number of hydrogen-bond donors (Lipinski definition) is 2. The first-order chi connectivity index (χ1) is 12.9. The van der Waals surface area contributed by atoms with Gasteiger partial charge < -0.3 is 9.73 Å². The molecule has 0 saturated carbocycles. The first-order valence-corrected chi connectivity index (χ1v) is 8.71. The van der Waals surface area contributed by atoms with Crippen LogP contribution in [0.3, 0.4) is 0 Å². The molecule has 1 atom stereocenters. The van der Waals surface area contributed by atoms with Crippen molar-refractivity contribution in [3.8, 4) is 0 Å². The summed E-state index contributed by atoms with van der Waals surface area (Å²) in [5.41, 5.74) is 0.748. The molecule has 2 N–H and O–H groups in total. The number of nitrogens with one attached hydrogen (secondary N) is 2. The first-order valence-electron chi connectivity index (χ1n) is 8.71. The van der Waals surface area contributed by atoms with E-state index in [9.17, 15) is 14.4 Å². The van der Waals surface area contributed by atoms with Gasteiger partial charge in [0.05, 0.1) is 11.3 Å². The number of carbonyl (C=O) groups is 3. The predicted molar refractivity (Wildman–Crippen MR) is 96.2 cm³/mol. The second kappa shape index (κ2) is 7.56. The quantitative estimate of drug-likeness (QED) is 0.831. The summed E-state index contributed by atoms with van der Waals surface area (Å²) in [7, 11) is 0. The van der Waals surface area contributed by atoms with E-state index in [-0.39, 0.29) is 30.7 Å². The van der Waals surface area contributed by atoms with E-state index < -0.39 is 12.1 Å². The fourth-order valence-corrected chi connectivity index (χ4v) is 2.69. The summed E-state index contributed by atoms with van der Waals surface area (Å²) in [6.07, 6.45) is 0.179. The zero-order valence-electron chi connectivity index (χ0n) is 15.4. The number of para-hydroxylation sites is 1. The molecule has 0 radical (unpaired) electrons. The molecule has 1 aliphatic heterocycles. The maximum Gasteiger partial charge on any atom is 0.328 e. The van der Waals surface area contributed by atoms with Crippen LogP contribution in [-0.2, 0) is 4.79 Å². The van der Waals surface area contributed by atoms with E-state index in [4.69, 9.17) is 4.42 Å².